The molecule has 0 spiro atoms. The highest BCUT2D eigenvalue weighted by Gasteiger charge is 2.22. The number of nitrogens with one attached hydrogen (secondary N) is 1. The number of aryl methyl sites for hydroxylation is 1. The number of carbonyl (C=O) groups is 1. The summed E-state index contributed by atoms with van der Waals surface area (Å²) in [7, 11) is 0. The van der Waals surface area contributed by atoms with Crippen LogP contribution in [0.3, 0.4) is 0 Å². The zero-order valence-electron chi connectivity index (χ0n) is 7.56. The molecule has 0 amide bonds. The molecule has 0 aromatic carbocycles. The van der Waals surface area contributed by atoms with E-state index in [1.807, 2.05) is 0 Å². The minimum Gasteiger partial charge on any atom is -0.481 e. The van der Waals surface area contributed by atoms with Gasteiger partial charge in [0.25, 0.3) is 0 Å². The number of nitrogens with zero attached hydrogens (tertiary/aromatic N) is 2. The minimum atomic E-state index is -0.795. The second-order valence-corrected chi connectivity index (χ2v) is 4.38. The molecular formula is C8H11N3O2S. The summed E-state index contributed by atoms with van der Waals surface area (Å²) in [6.45, 7) is 0. The van der Waals surface area contributed by atoms with Gasteiger partial charge >= 0.3 is 5.97 Å². The van der Waals surface area contributed by atoms with Crippen molar-refractivity contribution in [3.05, 3.63) is 5.01 Å². The van der Waals surface area contributed by atoms with Crippen LogP contribution in [-0.2, 0) is 11.2 Å². The van der Waals surface area contributed by atoms with E-state index < -0.39 is 5.97 Å². The Kier molecular flexibility index (Phi) is 2.62. The summed E-state index contributed by atoms with van der Waals surface area (Å²) in [5, 5.41) is 21.2. The summed E-state index contributed by atoms with van der Waals surface area (Å²) >= 11 is 1.45. The summed E-state index contributed by atoms with van der Waals surface area (Å²) in [6.07, 6.45) is 2.99. The van der Waals surface area contributed by atoms with Crippen LogP contribution in [0.5, 0.6) is 0 Å². The van der Waals surface area contributed by atoms with Gasteiger partial charge in [0.15, 0.2) is 0 Å². The number of carboxylic acid groups (broad SMARTS) is 1. The third-order valence-corrected chi connectivity index (χ3v) is 2.84. The van der Waals surface area contributed by atoms with Crippen molar-refractivity contribution in [2.24, 2.45) is 0 Å². The number of aromatic nitrogens is 2. The van der Waals surface area contributed by atoms with Crippen molar-refractivity contribution in [3.63, 3.8) is 0 Å². The first-order valence-electron chi connectivity index (χ1n) is 4.55. The molecule has 1 heterocycles. The van der Waals surface area contributed by atoms with Crippen molar-refractivity contribution in [3.8, 4) is 0 Å². The van der Waals surface area contributed by atoms with E-state index in [0.29, 0.717) is 12.5 Å². The van der Waals surface area contributed by atoms with Gasteiger partial charge in [-0.15, -0.1) is 10.2 Å². The van der Waals surface area contributed by atoms with Gasteiger partial charge in [0.1, 0.15) is 5.01 Å². The molecule has 0 unspecified atom stereocenters. The summed E-state index contributed by atoms with van der Waals surface area (Å²) in [4.78, 5) is 10.3. The Balaban J connectivity index is 1.85. The van der Waals surface area contributed by atoms with Crippen LogP contribution >= 0.6 is 11.3 Å². The van der Waals surface area contributed by atoms with Crippen molar-refractivity contribution >= 4 is 22.4 Å². The van der Waals surface area contributed by atoms with E-state index in [1.54, 1.807) is 0 Å². The summed E-state index contributed by atoms with van der Waals surface area (Å²) < 4.78 is 0. The molecule has 0 saturated heterocycles. The zero-order valence-corrected chi connectivity index (χ0v) is 8.38. The lowest BCUT2D eigenvalue weighted by Crippen LogP contribution is -1.99. The highest BCUT2D eigenvalue weighted by Crippen LogP contribution is 2.26. The molecule has 1 aromatic rings. The van der Waals surface area contributed by atoms with Crippen LogP contribution in [0.1, 0.15) is 24.3 Å². The molecule has 76 valence electrons. The fourth-order valence-electron chi connectivity index (χ4n) is 1.03. The molecule has 1 fully saturated rings. The van der Waals surface area contributed by atoms with Crippen molar-refractivity contribution in [1.82, 2.24) is 10.2 Å². The monoisotopic (exact) mass is 213 g/mol. The second-order valence-electron chi connectivity index (χ2n) is 3.31. The third-order valence-electron chi connectivity index (χ3n) is 1.92. The lowest BCUT2D eigenvalue weighted by molar-refractivity contribution is -0.136. The maximum atomic E-state index is 10.3. The Morgan fingerprint density at radius 3 is 3.00 bits per heavy atom. The highest BCUT2D eigenvalue weighted by molar-refractivity contribution is 7.15. The molecule has 2 N–H and O–H groups in total. The molecule has 5 nitrogen and oxygen atoms in total. The quantitative estimate of drug-likeness (QED) is 0.766. The minimum absolute atomic E-state index is 0.123. The Morgan fingerprint density at radius 2 is 2.36 bits per heavy atom. The molecule has 1 aromatic heterocycles. The normalized spacial score (nSPS) is 15.4. The molecule has 0 aliphatic heterocycles. The Hall–Kier alpha value is -1.17. The van der Waals surface area contributed by atoms with Gasteiger partial charge in [-0.3, -0.25) is 4.79 Å². The average Bonchev–Trinajstić information content (AvgIpc) is 2.81. The Morgan fingerprint density at radius 1 is 1.57 bits per heavy atom. The van der Waals surface area contributed by atoms with E-state index >= 15 is 0 Å². The van der Waals surface area contributed by atoms with Gasteiger partial charge in [0.2, 0.25) is 5.13 Å². The van der Waals surface area contributed by atoms with E-state index in [-0.39, 0.29) is 6.42 Å². The molecule has 0 bridgehead atoms. The number of carboxylic acids is 1. The number of anilines is 1. The molecule has 1 aliphatic carbocycles. The first-order chi connectivity index (χ1) is 6.74. The fraction of sp³-hybridized carbons (Fsp3) is 0.625. The molecule has 1 saturated carbocycles. The molecule has 1 aliphatic rings. The van der Waals surface area contributed by atoms with Crippen molar-refractivity contribution in [1.29, 1.82) is 0 Å². The van der Waals surface area contributed by atoms with E-state index in [4.69, 9.17) is 5.11 Å². The molecule has 6 heteroatoms. The van der Waals surface area contributed by atoms with E-state index in [0.717, 1.165) is 10.1 Å². The Labute approximate surface area is 85.2 Å². The number of rotatable bonds is 5. The van der Waals surface area contributed by atoms with Gasteiger partial charge in [-0.1, -0.05) is 11.3 Å². The number of hydrogen-bond acceptors (Lipinski definition) is 5. The van der Waals surface area contributed by atoms with Gasteiger partial charge in [-0.2, -0.15) is 0 Å². The van der Waals surface area contributed by atoms with Crippen molar-refractivity contribution in [2.45, 2.75) is 31.7 Å². The zero-order chi connectivity index (χ0) is 9.97. The van der Waals surface area contributed by atoms with Gasteiger partial charge in [0.05, 0.1) is 6.42 Å². The lowest BCUT2D eigenvalue weighted by atomic mass is 10.3. The lowest BCUT2D eigenvalue weighted by Gasteiger charge is -1.94. The predicted molar refractivity (Wildman–Crippen MR) is 52.5 cm³/mol. The molecular weight excluding hydrogens is 202 g/mol. The second kappa shape index (κ2) is 3.91. The Bertz CT molecular complexity index is 335. The first-order valence-corrected chi connectivity index (χ1v) is 5.36. The molecule has 2 rings (SSSR count). The van der Waals surface area contributed by atoms with Gasteiger partial charge in [-0.05, 0) is 12.8 Å². The largest absolute Gasteiger partial charge is 0.481 e. The summed E-state index contributed by atoms with van der Waals surface area (Å²) in [6, 6.07) is 0.565. The number of aliphatic carboxylic acids is 1. The van der Waals surface area contributed by atoms with Crippen molar-refractivity contribution in [2.75, 3.05) is 5.32 Å². The van der Waals surface area contributed by atoms with Gasteiger partial charge in [0, 0.05) is 12.5 Å². The summed E-state index contributed by atoms with van der Waals surface area (Å²) in [5.74, 6) is -0.795. The van der Waals surface area contributed by atoms with Gasteiger partial charge in [-0.25, -0.2) is 0 Å². The molecule has 0 atom stereocenters. The fourth-order valence-corrected chi connectivity index (χ4v) is 1.85. The molecule has 14 heavy (non-hydrogen) atoms. The van der Waals surface area contributed by atoms with Crippen molar-refractivity contribution < 1.29 is 9.90 Å². The van der Waals surface area contributed by atoms with Crippen LogP contribution < -0.4 is 5.32 Å². The average molecular weight is 213 g/mol. The standard InChI is InChI=1S/C8H11N3O2S/c12-7(13)4-3-6-10-11-8(14-6)9-5-1-2-5/h5H,1-4H2,(H,9,11)(H,12,13). The van der Waals surface area contributed by atoms with E-state index in [9.17, 15) is 4.79 Å². The van der Waals surface area contributed by atoms with Crippen LogP contribution in [0.4, 0.5) is 5.13 Å². The predicted octanol–water partition coefficient (Wildman–Crippen LogP) is 1.13. The summed E-state index contributed by atoms with van der Waals surface area (Å²) in [5.41, 5.74) is 0. The van der Waals surface area contributed by atoms with Gasteiger partial charge < -0.3 is 10.4 Å². The maximum Gasteiger partial charge on any atom is 0.303 e. The van der Waals surface area contributed by atoms with Crippen LogP contribution in [0.2, 0.25) is 0 Å². The third kappa shape index (κ3) is 2.66. The van der Waals surface area contributed by atoms with Crippen LogP contribution in [0.15, 0.2) is 0 Å². The van der Waals surface area contributed by atoms with Crippen LogP contribution in [0.25, 0.3) is 0 Å². The number of hydrogen-bond donors (Lipinski definition) is 2. The van der Waals surface area contributed by atoms with E-state index in [2.05, 4.69) is 15.5 Å². The first kappa shape index (κ1) is 9.39. The topological polar surface area (TPSA) is 75.1 Å². The van der Waals surface area contributed by atoms with Crippen LogP contribution in [0, 0.1) is 0 Å². The SMILES string of the molecule is O=C(O)CCc1nnc(NC2CC2)s1. The highest BCUT2D eigenvalue weighted by atomic mass is 32.1. The maximum absolute atomic E-state index is 10.3. The van der Waals surface area contributed by atoms with Crippen LogP contribution in [-0.4, -0.2) is 27.3 Å². The molecule has 0 radical (unpaired) electrons. The smallest absolute Gasteiger partial charge is 0.303 e. The van der Waals surface area contributed by atoms with E-state index in [1.165, 1.54) is 24.2 Å².